The zero-order valence-electron chi connectivity index (χ0n) is 17.4. The summed E-state index contributed by atoms with van der Waals surface area (Å²) in [5.74, 6) is 1.77. The summed E-state index contributed by atoms with van der Waals surface area (Å²) in [7, 11) is 0. The second-order valence-corrected chi connectivity index (χ2v) is 9.06. The second kappa shape index (κ2) is 8.76. The van der Waals surface area contributed by atoms with Gasteiger partial charge in [-0.15, -0.1) is 5.10 Å². The Morgan fingerprint density at radius 1 is 1.17 bits per heavy atom. The molecule has 7 heteroatoms. The first-order valence-electron chi connectivity index (χ1n) is 11.4. The summed E-state index contributed by atoms with van der Waals surface area (Å²) < 4.78 is 7.70. The van der Waals surface area contributed by atoms with Gasteiger partial charge in [-0.3, -0.25) is 14.4 Å². The Morgan fingerprint density at radius 2 is 2.00 bits per heavy atom. The fourth-order valence-electron chi connectivity index (χ4n) is 5.39. The summed E-state index contributed by atoms with van der Waals surface area (Å²) >= 11 is 0. The van der Waals surface area contributed by atoms with E-state index in [4.69, 9.17) is 4.74 Å². The maximum Gasteiger partial charge on any atom is 0.224 e. The Kier molecular flexibility index (Phi) is 5.71. The molecule has 0 radical (unpaired) electrons. The lowest BCUT2D eigenvalue weighted by atomic mass is 9.75. The summed E-state index contributed by atoms with van der Waals surface area (Å²) in [5.41, 5.74) is 0.837. The number of carbonyl (C=O) groups is 1. The third-order valence-electron chi connectivity index (χ3n) is 7.03. The average Bonchev–Trinajstić information content (AvgIpc) is 3.45. The number of fused-ring (bicyclic) bond motifs is 3. The number of hydrogen-bond donors (Lipinski definition) is 1. The van der Waals surface area contributed by atoms with Crippen molar-refractivity contribution in [2.45, 2.75) is 63.8 Å². The number of benzene rings is 1. The number of rotatable bonds is 7. The van der Waals surface area contributed by atoms with Crippen LogP contribution in [0.25, 0.3) is 0 Å². The van der Waals surface area contributed by atoms with Crippen LogP contribution in [0.3, 0.4) is 0 Å². The van der Waals surface area contributed by atoms with E-state index in [1.807, 2.05) is 41.2 Å². The highest BCUT2D eigenvalue weighted by atomic mass is 16.5. The number of aromatic nitrogens is 3. The van der Waals surface area contributed by atoms with Gasteiger partial charge in [0.15, 0.2) is 0 Å². The van der Waals surface area contributed by atoms with Crippen LogP contribution in [0.5, 0.6) is 5.75 Å². The average molecular weight is 410 g/mol. The molecule has 4 aliphatic rings. The second-order valence-electron chi connectivity index (χ2n) is 9.06. The summed E-state index contributed by atoms with van der Waals surface area (Å²) in [6.45, 7) is 3.21. The Hall–Kier alpha value is -2.41. The van der Waals surface area contributed by atoms with Gasteiger partial charge in [0.25, 0.3) is 0 Å². The number of amides is 1. The van der Waals surface area contributed by atoms with E-state index < -0.39 is 0 Å². The molecule has 1 saturated carbocycles. The van der Waals surface area contributed by atoms with Gasteiger partial charge in [-0.05, 0) is 50.3 Å². The molecular weight excluding hydrogens is 378 g/mol. The quantitative estimate of drug-likeness (QED) is 0.761. The molecule has 4 heterocycles. The number of ether oxygens (including phenoxy) is 1. The van der Waals surface area contributed by atoms with Crippen molar-refractivity contribution in [1.82, 2.24) is 25.2 Å². The van der Waals surface area contributed by atoms with Crippen molar-refractivity contribution in [2.24, 2.45) is 11.8 Å². The molecule has 1 amide bonds. The highest BCUT2D eigenvalue weighted by Gasteiger charge is 2.43. The van der Waals surface area contributed by atoms with E-state index in [1.165, 1.54) is 12.8 Å². The Morgan fingerprint density at radius 3 is 2.77 bits per heavy atom. The van der Waals surface area contributed by atoms with Gasteiger partial charge >= 0.3 is 0 Å². The van der Waals surface area contributed by atoms with E-state index in [9.17, 15) is 4.79 Å². The van der Waals surface area contributed by atoms with Crippen LogP contribution < -0.4 is 10.1 Å². The number of piperidine rings is 3. The van der Waals surface area contributed by atoms with Crippen LogP contribution in [0, 0.1) is 11.8 Å². The molecule has 0 spiro atoms. The van der Waals surface area contributed by atoms with Gasteiger partial charge in [0, 0.05) is 18.6 Å². The first-order chi connectivity index (χ1) is 14.7. The Bertz CT molecular complexity index is 848. The van der Waals surface area contributed by atoms with E-state index in [1.54, 1.807) is 0 Å². The van der Waals surface area contributed by atoms with Gasteiger partial charge in [-0.2, -0.15) is 0 Å². The van der Waals surface area contributed by atoms with E-state index in [-0.39, 0.29) is 11.8 Å². The minimum absolute atomic E-state index is 0.154. The molecule has 4 atom stereocenters. The summed E-state index contributed by atoms with van der Waals surface area (Å²) in [4.78, 5) is 15.3. The van der Waals surface area contributed by atoms with Gasteiger partial charge in [0.1, 0.15) is 18.1 Å². The molecule has 160 valence electrons. The molecule has 1 aliphatic carbocycles. The summed E-state index contributed by atoms with van der Waals surface area (Å²) in [5, 5.41) is 11.9. The fraction of sp³-hybridized carbons (Fsp3) is 0.609. The smallest absolute Gasteiger partial charge is 0.224 e. The van der Waals surface area contributed by atoms with Crippen LogP contribution in [0.15, 0.2) is 36.5 Å². The third-order valence-corrected chi connectivity index (χ3v) is 7.03. The molecule has 1 aromatic carbocycles. The molecule has 3 aliphatic heterocycles. The standard InChI is InChI=1S/C23H31N5O2/c29-23(24-18-6-4-5-7-18)22-15-27-11-10-17(22)12-20(27)14-28-13-19(25-26-28)16-30-21-8-2-1-3-9-21/h1-3,8-9,13,17-18,20,22H,4-7,10-12,14-16H2,(H,24,29)/t17?,20-,22+/m1/s1. The fourth-order valence-corrected chi connectivity index (χ4v) is 5.39. The Balaban J connectivity index is 1.14. The predicted molar refractivity (Wildman–Crippen MR) is 113 cm³/mol. The van der Waals surface area contributed by atoms with Crippen molar-refractivity contribution < 1.29 is 9.53 Å². The number of para-hydroxylation sites is 1. The van der Waals surface area contributed by atoms with Crippen LogP contribution in [-0.4, -0.2) is 51.0 Å². The molecular formula is C23H31N5O2. The number of nitrogens with one attached hydrogen (secondary N) is 1. The van der Waals surface area contributed by atoms with Crippen LogP contribution in [0.4, 0.5) is 0 Å². The normalized spacial score (nSPS) is 28.5. The van der Waals surface area contributed by atoms with Crippen molar-refractivity contribution in [3.05, 3.63) is 42.2 Å². The van der Waals surface area contributed by atoms with Gasteiger partial charge in [0.05, 0.1) is 18.7 Å². The van der Waals surface area contributed by atoms with Gasteiger partial charge in [-0.25, -0.2) is 0 Å². The van der Waals surface area contributed by atoms with E-state index in [2.05, 4.69) is 20.5 Å². The molecule has 30 heavy (non-hydrogen) atoms. The number of carbonyl (C=O) groups excluding carboxylic acids is 1. The zero-order valence-corrected chi connectivity index (χ0v) is 17.4. The lowest BCUT2D eigenvalue weighted by Gasteiger charge is -2.49. The molecule has 3 saturated heterocycles. The SMILES string of the molecule is O=C(NC1CCCC1)[C@H]1CN2CCC1C[C@@H]2Cn1cc(COc2ccccc2)nn1. The zero-order chi connectivity index (χ0) is 20.3. The largest absolute Gasteiger partial charge is 0.487 e. The molecule has 7 nitrogen and oxygen atoms in total. The first kappa shape index (κ1) is 19.5. The Labute approximate surface area is 177 Å². The summed E-state index contributed by atoms with van der Waals surface area (Å²) in [6.07, 6.45) is 8.99. The number of hydrogen-bond acceptors (Lipinski definition) is 5. The van der Waals surface area contributed by atoms with Crippen molar-refractivity contribution in [1.29, 1.82) is 0 Å². The van der Waals surface area contributed by atoms with E-state index in [0.29, 0.717) is 24.6 Å². The summed E-state index contributed by atoms with van der Waals surface area (Å²) in [6, 6.07) is 10.6. The van der Waals surface area contributed by atoms with Gasteiger partial charge < -0.3 is 10.1 Å². The van der Waals surface area contributed by atoms with Crippen LogP contribution in [0.1, 0.15) is 44.2 Å². The maximum atomic E-state index is 12.8. The van der Waals surface area contributed by atoms with Crippen molar-refractivity contribution in [2.75, 3.05) is 13.1 Å². The molecule has 6 rings (SSSR count). The number of nitrogens with zero attached hydrogens (tertiary/aromatic N) is 4. The molecule has 2 unspecified atom stereocenters. The van der Waals surface area contributed by atoms with Gasteiger partial charge in [-0.1, -0.05) is 36.3 Å². The highest BCUT2D eigenvalue weighted by molar-refractivity contribution is 5.79. The predicted octanol–water partition coefficient (Wildman–Crippen LogP) is 2.63. The van der Waals surface area contributed by atoms with Crippen molar-refractivity contribution in [3.63, 3.8) is 0 Å². The minimum atomic E-state index is 0.154. The molecule has 2 bridgehead atoms. The monoisotopic (exact) mass is 409 g/mol. The van der Waals surface area contributed by atoms with Gasteiger partial charge in [0.2, 0.25) is 5.91 Å². The van der Waals surface area contributed by atoms with Crippen molar-refractivity contribution >= 4 is 5.91 Å². The highest BCUT2D eigenvalue weighted by Crippen LogP contribution is 2.37. The maximum absolute atomic E-state index is 12.8. The molecule has 1 aromatic heterocycles. The van der Waals surface area contributed by atoms with Crippen molar-refractivity contribution in [3.8, 4) is 5.75 Å². The molecule has 2 aromatic rings. The lowest BCUT2D eigenvalue weighted by molar-refractivity contribution is -0.133. The molecule has 4 fully saturated rings. The first-order valence-corrected chi connectivity index (χ1v) is 11.4. The molecule has 1 N–H and O–H groups in total. The minimum Gasteiger partial charge on any atom is -0.487 e. The van der Waals surface area contributed by atoms with Crippen LogP contribution >= 0.6 is 0 Å². The van der Waals surface area contributed by atoms with Crippen LogP contribution in [0.2, 0.25) is 0 Å². The third kappa shape index (κ3) is 4.36. The van der Waals surface area contributed by atoms with E-state index >= 15 is 0 Å². The van der Waals surface area contributed by atoms with E-state index in [0.717, 1.165) is 56.8 Å². The topological polar surface area (TPSA) is 72.3 Å². The lowest BCUT2D eigenvalue weighted by Crippen LogP contribution is -2.58. The van der Waals surface area contributed by atoms with Crippen LogP contribution in [-0.2, 0) is 17.9 Å².